The van der Waals surface area contributed by atoms with Crippen LogP contribution in [0.5, 0.6) is 17.2 Å². The van der Waals surface area contributed by atoms with E-state index in [1.165, 1.54) is 15.3 Å². The molecule has 7 heteroatoms. The van der Waals surface area contributed by atoms with Crippen LogP contribution < -0.4 is 13.7 Å². The predicted molar refractivity (Wildman–Crippen MR) is 99.5 cm³/mol. The quantitative estimate of drug-likeness (QED) is 0.727. The van der Waals surface area contributed by atoms with Gasteiger partial charge in [0.2, 0.25) is 0 Å². The smallest absolute Gasteiger partial charge is 0.175 e. The van der Waals surface area contributed by atoms with E-state index in [2.05, 4.69) is 31.9 Å². The molecule has 1 aromatic carbocycles. The minimum absolute atomic E-state index is 0.352. The minimum atomic E-state index is -2.49. The predicted octanol–water partition coefficient (Wildman–Crippen LogP) is 4.51. The Morgan fingerprint density at radius 3 is 2.12 bits per heavy atom. The summed E-state index contributed by atoms with van der Waals surface area (Å²) in [6.45, 7) is 9.73. The molecule has 2 heterocycles. The van der Waals surface area contributed by atoms with Gasteiger partial charge in [0.25, 0.3) is 0 Å². The maximum absolute atomic E-state index is 10.2. The number of thiophene rings is 1. The minimum Gasteiger partial charge on any atom is -0.740 e. The van der Waals surface area contributed by atoms with Crippen LogP contribution >= 0.6 is 11.3 Å². The molecule has 1 aliphatic heterocycles. The molecule has 3 rings (SSSR count). The van der Waals surface area contributed by atoms with E-state index in [0.29, 0.717) is 24.9 Å². The Balaban J connectivity index is 0.000000185. The van der Waals surface area contributed by atoms with Gasteiger partial charge in [-0.25, -0.2) is 4.21 Å². The van der Waals surface area contributed by atoms with Crippen molar-refractivity contribution >= 4 is 22.7 Å². The monoisotopic (exact) mass is 383 g/mol. The third kappa shape index (κ3) is 5.45. The lowest BCUT2D eigenvalue weighted by Crippen LogP contribution is -2.14. The van der Waals surface area contributed by atoms with E-state index >= 15 is 0 Å². The molecule has 0 N–H and O–H groups in total. The van der Waals surface area contributed by atoms with Crippen LogP contribution in [-0.4, -0.2) is 22.0 Å². The largest absolute Gasteiger partial charge is 0.740 e. The first-order chi connectivity index (χ1) is 11.9. The van der Waals surface area contributed by atoms with E-state index < -0.39 is 11.4 Å². The zero-order chi connectivity index (χ0) is 18.4. The normalized spacial score (nSPS) is 14.9. The molecule has 1 aliphatic rings. The van der Waals surface area contributed by atoms with Gasteiger partial charge in [0.15, 0.2) is 11.5 Å². The topological polar surface area (TPSA) is 67.8 Å². The van der Waals surface area contributed by atoms with Crippen molar-refractivity contribution in [2.75, 3.05) is 13.2 Å². The van der Waals surface area contributed by atoms with Crippen LogP contribution in [0.1, 0.15) is 41.5 Å². The third-order valence-corrected chi connectivity index (χ3v) is 5.27. The second-order valence-electron chi connectivity index (χ2n) is 5.74. The maximum Gasteiger partial charge on any atom is 0.175 e. The van der Waals surface area contributed by atoms with Crippen molar-refractivity contribution < 1.29 is 22.4 Å². The summed E-state index contributed by atoms with van der Waals surface area (Å²) in [6.07, 6.45) is 1.06. The number of fused-ring (bicyclic) bond motifs is 1. The van der Waals surface area contributed by atoms with Crippen molar-refractivity contribution in [3.63, 3.8) is 0 Å². The zero-order valence-electron chi connectivity index (χ0n) is 14.9. The highest BCUT2D eigenvalue weighted by molar-refractivity contribution is 7.74. The first-order valence-electron chi connectivity index (χ1n) is 8.15. The fourth-order valence-corrected chi connectivity index (χ4v) is 3.65. The molecule has 0 radical (unpaired) electrons. The second kappa shape index (κ2) is 9.22. The Morgan fingerprint density at radius 1 is 1.16 bits per heavy atom. The molecular weight excluding hydrogens is 360 g/mol. The molecule has 2 aromatic rings. The Morgan fingerprint density at radius 2 is 1.68 bits per heavy atom. The summed E-state index contributed by atoms with van der Waals surface area (Å²) in [5.41, 5.74) is 1.19. The van der Waals surface area contributed by atoms with Crippen molar-refractivity contribution in [2.24, 2.45) is 0 Å². The Bertz CT molecular complexity index is 683. The van der Waals surface area contributed by atoms with Crippen molar-refractivity contribution in [1.82, 2.24) is 0 Å². The summed E-state index contributed by atoms with van der Waals surface area (Å²) in [5, 5.41) is 0. The molecule has 0 fully saturated rings. The number of aryl methyl sites for hydroxylation is 2. The molecule has 0 saturated heterocycles. The highest BCUT2D eigenvalue weighted by atomic mass is 32.2. The van der Waals surface area contributed by atoms with Crippen molar-refractivity contribution in [3.8, 4) is 17.2 Å². The first kappa shape index (κ1) is 19.8. The Hall–Kier alpha value is -1.57. The van der Waals surface area contributed by atoms with Crippen LogP contribution in [0.4, 0.5) is 0 Å². The van der Waals surface area contributed by atoms with E-state index in [9.17, 15) is 8.76 Å². The van der Waals surface area contributed by atoms with Gasteiger partial charge in [-0.1, -0.05) is 26.0 Å². The van der Waals surface area contributed by atoms with E-state index in [-0.39, 0.29) is 0 Å². The van der Waals surface area contributed by atoms with E-state index in [4.69, 9.17) is 9.47 Å². The standard InChI is InChI=1S/C10H14O3S.C8H10O2S/c1-3-8(2)9-4-6-10(7-5-9)13-14(11)12;1-5-7-8(6(2)11-5)10-4-3-9-7/h4-8H,3H2,1-2H3,(H,11,12);3-4H2,1-2H3/p-1. The van der Waals surface area contributed by atoms with Gasteiger partial charge in [-0.2, -0.15) is 0 Å². The van der Waals surface area contributed by atoms with Crippen LogP contribution in [0.2, 0.25) is 0 Å². The lowest BCUT2D eigenvalue weighted by molar-refractivity contribution is 0.171. The molecule has 0 aliphatic carbocycles. The van der Waals surface area contributed by atoms with Crippen LogP contribution in [-0.2, 0) is 11.4 Å². The van der Waals surface area contributed by atoms with Crippen LogP contribution in [0.15, 0.2) is 24.3 Å². The third-order valence-electron chi connectivity index (χ3n) is 3.95. The number of hydrogen-bond donors (Lipinski definition) is 0. The molecule has 0 spiro atoms. The van der Waals surface area contributed by atoms with Gasteiger partial charge in [0.1, 0.15) is 30.3 Å². The van der Waals surface area contributed by atoms with Crippen molar-refractivity contribution in [3.05, 3.63) is 39.6 Å². The summed E-state index contributed by atoms with van der Waals surface area (Å²) in [6, 6.07) is 7.10. The van der Waals surface area contributed by atoms with Crippen molar-refractivity contribution in [2.45, 2.75) is 40.0 Å². The summed E-state index contributed by atoms with van der Waals surface area (Å²) in [4.78, 5) is 2.44. The fourth-order valence-electron chi connectivity index (χ4n) is 2.43. The van der Waals surface area contributed by atoms with Gasteiger partial charge < -0.3 is 18.2 Å². The van der Waals surface area contributed by atoms with Gasteiger partial charge in [-0.05, 0) is 43.9 Å². The SMILES string of the molecule is CCC(C)c1ccc(OS(=O)[O-])cc1.Cc1sc(C)c2c1OCCO2. The molecule has 25 heavy (non-hydrogen) atoms. The van der Waals surface area contributed by atoms with Gasteiger partial charge in [0.05, 0.1) is 0 Å². The van der Waals surface area contributed by atoms with Crippen molar-refractivity contribution in [1.29, 1.82) is 0 Å². The summed E-state index contributed by atoms with van der Waals surface area (Å²) >= 11 is -0.751. The molecule has 1 aromatic heterocycles. The average molecular weight is 384 g/mol. The van der Waals surface area contributed by atoms with Gasteiger partial charge in [0, 0.05) is 9.75 Å². The molecule has 138 valence electrons. The van der Waals surface area contributed by atoms with E-state index in [0.717, 1.165) is 17.9 Å². The molecule has 5 nitrogen and oxygen atoms in total. The van der Waals surface area contributed by atoms with Crippen LogP contribution in [0, 0.1) is 13.8 Å². The van der Waals surface area contributed by atoms with Gasteiger partial charge >= 0.3 is 0 Å². The molecule has 0 saturated carbocycles. The molecule has 0 amide bonds. The average Bonchev–Trinajstić information content (AvgIpc) is 2.90. The molecule has 2 unspecified atom stereocenters. The van der Waals surface area contributed by atoms with Gasteiger partial charge in [-0.3, -0.25) is 0 Å². The van der Waals surface area contributed by atoms with Crippen LogP contribution in [0.3, 0.4) is 0 Å². The summed E-state index contributed by atoms with van der Waals surface area (Å²) in [7, 11) is 0. The lowest BCUT2D eigenvalue weighted by atomic mass is 9.99. The second-order valence-corrected chi connectivity index (χ2v) is 7.74. The summed E-state index contributed by atoms with van der Waals surface area (Å²) in [5.74, 6) is 2.75. The Kier molecular flexibility index (Phi) is 7.28. The fraction of sp³-hybridized carbons (Fsp3) is 0.444. The van der Waals surface area contributed by atoms with E-state index in [1.807, 2.05) is 12.1 Å². The summed E-state index contributed by atoms with van der Waals surface area (Å²) < 4.78 is 35.9. The number of ether oxygens (including phenoxy) is 2. The first-order valence-corrected chi connectivity index (χ1v) is 9.97. The maximum atomic E-state index is 10.2. The Labute approximate surface area is 155 Å². The van der Waals surface area contributed by atoms with Gasteiger partial charge in [-0.15, -0.1) is 11.3 Å². The van der Waals surface area contributed by atoms with E-state index in [1.54, 1.807) is 23.5 Å². The highest BCUT2D eigenvalue weighted by Gasteiger charge is 2.19. The molecular formula is C18H23O5S2-. The number of hydrogen-bond acceptors (Lipinski definition) is 6. The highest BCUT2D eigenvalue weighted by Crippen LogP contribution is 2.42. The van der Waals surface area contributed by atoms with Crippen LogP contribution in [0.25, 0.3) is 0 Å². The molecule has 2 atom stereocenters. The lowest BCUT2D eigenvalue weighted by Gasteiger charge is -2.15. The number of rotatable bonds is 4. The zero-order valence-corrected chi connectivity index (χ0v) is 16.5. The number of benzene rings is 1. The molecule has 0 bridgehead atoms.